The number of hydrogen-bond acceptors (Lipinski definition) is 2. The van der Waals surface area contributed by atoms with E-state index >= 15 is 0 Å². The number of carbonyl (C=O) groups is 2. The van der Waals surface area contributed by atoms with Crippen molar-refractivity contribution in [2.45, 2.75) is 6.92 Å². The Kier molecular flexibility index (Phi) is 3.98. The Labute approximate surface area is 119 Å². The van der Waals surface area contributed by atoms with Crippen LogP contribution >= 0.6 is 0 Å². The summed E-state index contributed by atoms with van der Waals surface area (Å²) in [7, 11) is 0. The molecule has 2 N–H and O–H groups in total. The lowest BCUT2D eigenvalue weighted by atomic mass is 10.1. The molecule has 0 unspecified atom stereocenters. The summed E-state index contributed by atoms with van der Waals surface area (Å²) in [5.41, 5.74) is -0.227. The van der Waals surface area contributed by atoms with Gasteiger partial charge in [-0.25, -0.2) is 13.6 Å². The van der Waals surface area contributed by atoms with E-state index in [0.29, 0.717) is 5.56 Å². The van der Waals surface area contributed by atoms with E-state index in [9.17, 15) is 18.4 Å². The number of carboxylic acids is 1. The first-order chi connectivity index (χ1) is 9.90. The Hall–Kier alpha value is -2.76. The van der Waals surface area contributed by atoms with Gasteiger partial charge in [-0.15, -0.1) is 0 Å². The molecule has 2 aromatic rings. The molecule has 21 heavy (non-hydrogen) atoms. The molecule has 0 bridgehead atoms. The van der Waals surface area contributed by atoms with Gasteiger partial charge in [-0.2, -0.15) is 0 Å². The molecule has 0 aliphatic rings. The first kappa shape index (κ1) is 14.6. The Morgan fingerprint density at radius 2 is 1.81 bits per heavy atom. The van der Waals surface area contributed by atoms with Crippen molar-refractivity contribution in [3.63, 3.8) is 0 Å². The minimum atomic E-state index is -1.28. The third-order valence-electron chi connectivity index (χ3n) is 2.91. The van der Waals surface area contributed by atoms with Crippen molar-refractivity contribution in [2.75, 3.05) is 5.32 Å². The molecule has 0 spiro atoms. The molecule has 4 nitrogen and oxygen atoms in total. The summed E-state index contributed by atoms with van der Waals surface area (Å²) in [6.07, 6.45) is 0. The second-order valence-electron chi connectivity index (χ2n) is 4.39. The fourth-order valence-electron chi connectivity index (χ4n) is 1.85. The van der Waals surface area contributed by atoms with Crippen molar-refractivity contribution in [3.8, 4) is 0 Å². The Morgan fingerprint density at radius 3 is 2.38 bits per heavy atom. The summed E-state index contributed by atoms with van der Waals surface area (Å²) in [5, 5.41) is 11.0. The molecule has 0 fully saturated rings. The fourth-order valence-corrected chi connectivity index (χ4v) is 1.85. The van der Waals surface area contributed by atoms with E-state index in [4.69, 9.17) is 5.11 Å². The molecule has 0 atom stereocenters. The van der Waals surface area contributed by atoms with Gasteiger partial charge in [0.1, 0.15) is 11.6 Å². The van der Waals surface area contributed by atoms with Crippen LogP contribution in [0.5, 0.6) is 0 Å². The van der Waals surface area contributed by atoms with E-state index in [1.54, 1.807) is 13.0 Å². The first-order valence-corrected chi connectivity index (χ1v) is 5.99. The molecule has 0 aliphatic heterocycles. The number of halogens is 2. The summed E-state index contributed by atoms with van der Waals surface area (Å²) in [6, 6.07) is 7.20. The number of rotatable bonds is 3. The Balaban J connectivity index is 2.30. The van der Waals surface area contributed by atoms with E-state index in [1.165, 1.54) is 6.07 Å². The van der Waals surface area contributed by atoms with Crippen LogP contribution < -0.4 is 5.32 Å². The number of aryl methyl sites for hydroxylation is 1. The number of carboxylic acid groups (broad SMARTS) is 1. The zero-order valence-corrected chi connectivity index (χ0v) is 11.0. The van der Waals surface area contributed by atoms with Crippen molar-refractivity contribution >= 4 is 17.6 Å². The zero-order chi connectivity index (χ0) is 15.6. The zero-order valence-electron chi connectivity index (χ0n) is 11.0. The van der Waals surface area contributed by atoms with Crippen LogP contribution in [0, 0.1) is 18.6 Å². The lowest BCUT2D eigenvalue weighted by molar-refractivity contribution is 0.0696. The molecule has 0 aromatic heterocycles. The van der Waals surface area contributed by atoms with Gasteiger partial charge in [0.25, 0.3) is 5.91 Å². The van der Waals surface area contributed by atoms with Crippen LogP contribution in [-0.2, 0) is 0 Å². The molecule has 0 heterocycles. The summed E-state index contributed by atoms with van der Waals surface area (Å²) >= 11 is 0. The van der Waals surface area contributed by atoms with E-state index in [0.717, 1.165) is 24.3 Å². The second kappa shape index (κ2) is 5.70. The van der Waals surface area contributed by atoms with E-state index < -0.39 is 23.5 Å². The molecule has 108 valence electrons. The highest BCUT2D eigenvalue weighted by Crippen LogP contribution is 2.19. The third kappa shape index (κ3) is 3.05. The monoisotopic (exact) mass is 291 g/mol. The maximum Gasteiger partial charge on any atom is 0.335 e. The molecule has 2 aromatic carbocycles. The number of nitrogens with one attached hydrogen (secondary N) is 1. The Morgan fingerprint density at radius 1 is 1.10 bits per heavy atom. The number of amides is 1. The van der Waals surface area contributed by atoms with Gasteiger partial charge in [0.2, 0.25) is 0 Å². The quantitative estimate of drug-likeness (QED) is 0.912. The van der Waals surface area contributed by atoms with Crippen molar-refractivity contribution in [1.29, 1.82) is 0 Å². The van der Waals surface area contributed by atoms with Gasteiger partial charge >= 0.3 is 5.97 Å². The average molecular weight is 291 g/mol. The van der Waals surface area contributed by atoms with Gasteiger partial charge < -0.3 is 10.4 Å². The standard InChI is InChI=1S/C15H11F2NO3/c1-8-3-2-4-10(16)13(8)14(19)18-12-6-5-9(15(20)21)7-11(12)17/h2-7H,1H3,(H,18,19)(H,20,21). The normalized spacial score (nSPS) is 10.2. The van der Waals surface area contributed by atoms with Crippen molar-refractivity contribution < 1.29 is 23.5 Å². The van der Waals surface area contributed by atoms with Crippen LogP contribution in [0.1, 0.15) is 26.3 Å². The summed E-state index contributed by atoms with van der Waals surface area (Å²) < 4.78 is 27.4. The van der Waals surface area contributed by atoms with Gasteiger partial charge in [0.15, 0.2) is 0 Å². The Bertz CT molecular complexity index is 709. The molecular formula is C15H11F2NO3. The average Bonchev–Trinajstić information content (AvgIpc) is 2.40. The van der Waals surface area contributed by atoms with Gasteiger partial charge in [-0.3, -0.25) is 4.79 Å². The lowest BCUT2D eigenvalue weighted by Crippen LogP contribution is -2.16. The number of benzene rings is 2. The van der Waals surface area contributed by atoms with E-state index in [2.05, 4.69) is 5.32 Å². The summed E-state index contributed by atoms with van der Waals surface area (Å²) in [6.45, 7) is 1.56. The van der Waals surface area contributed by atoms with Crippen LogP contribution in [0.4, 0.5) is 14.5 Å². The van der Waals surface area contributed by atoms with Gasteiger partial charge in [0.05, 0.1) is 16.8 Å². The summed E-state index contributed by atoms with van der Waals surface area (Å²) in [4.78, 5) is 22.7. The molecule has 0 aliphatic carbocycles. The topological polar surface area (TPSA) is 66.4 Å². The molecule has 0 saturated heterocycles. The molecule has 0 radical (unpaired) electrons. The highest BCUT2D eigenvalue weighted by Gasteiger charge is 2.16. The maximum atomic E-state index is 13.7. The van der Waals surface area contributed by atoms with Crippen LogP contribution in [0.2, 0.25) is 0 Å². The molecule has 6 heteroatoms. The predicted octanol–water partition coefficient (Wildman–Crippen LogP) is 3.22. The van der Waals surface area contributed by atoms with Crippen LogP contribution in [0.3, 0.4) is 0 Å². The van der Waals surface area contributed by atoms with Gasteiger partial charge in [-0.05, 0) is 36.8 Å². The first-order valence-electron chi connectivity index (χ1n) is 5.99. The number of carbonyl (C=O) groups excluding carboxylic acids is 1. The minimum Gasteiger partial charge on any atom is -0.478 e. The number of hydrogen-bond donors (Lipinski definition) is 2. The number of aromatic carboxylic acids is 1. The number of anilines is 1. The maximum absolute atomic E-state index is 13.7. The van der Waals surface area contributed by atoms with Gasteiger partial charge in [0, 0.05) is 0 Å². The highest BCUT2D eigenvalue weighted by atomic mass is 19.1. The highest BCUT2D eigenvalue weighted by molar-refractivity contribution is 6.05. The smallest absolute Gasteiger partial charge is 0.335 e. The minimum absolute atomic E-state index is 0.181. The van der Waals surface area contributed by atoms with E-state index in [1.807, 2.05) is 0 Å². The van der Waals surface area contributed by atoms with Crippen LogP contribution in [-0.4, -0.2) is 17.0 Å². The van der Waals surface area contributed by atoms with Crippen molar-refractivity contribution in [3.05, 3.63) is 64.7 Å². The van der Waals surface area contributed by atoms with Gasteiger partial charge in [-0.1, -0.05) is 12.1 Å². The largest absolute Gasteiger partial charge is 0.478 e. The lowest BCUT2D eigenvalue weighted by Gasteiger charge is -2.09. The molecule has 0 saturated carbocycles. The fraction of sp³-hybridized carbons (Fsp3) is 0.0667. The predicted molar refractivity (Wildman–Crippen MR) is 72.4 cm³/mol. The van der Waals surface area contributed by atoms with E-state index in [-0.39, 0.29) is 16.8 Å². The van der Waals surface area contributed by atoms with Crippen LogP contribution in [0.15, 0.2) is 36.4 Å². The van der Waals surface area contributed by atoms with Crippen molar-refractivity contribution in [1.82, 2.24) is 0 Å². The molecule has 1 amide bonds. The molecular weight excluding hydrogens is 280 g/mol. The second-order valence-corrected chi connectivity index (χ2v) is 4.39. The third-order valence-corrected chi connectivity index (χ3v) is 2.91. The van der Waals surface area contributed by atoms with Crippen molar-refractivity contribution in [2.24, 2.45) is 0 Å². The summed E-state index contributed by atoms with van der Waals surface area (Å²) in [5.74, 6) is -3.70. The van der Waals surface area contributed by atoms with Crippen LogP contribution in [0.25, 0.3) is 0 Å². The molecule has 2 rings (SSSR count). The SMILES string of the molecule is Cc1cccc(F)c1C(=O)Nc1ccc(C(=O)O)cc1F.